The van der Waals surface area contributed by atoms with Crippen molar-refractivity contribution in [3.05, 3.63) is 24.0 Å². The van der Waals surface area contributed by atoms with E-state index in [0.29, 0.717) is 12.3 Å². The summed E-state index contributed by atoms with van der Waals surface area (Å²) in [4.78, 5) is 6.23. The predicted molar refractivity (Wildman–Crippen MR) is 60.0 cm³/mol. The maximum absolute atomic E-state index is 9.30. The SMILES string of the molecule is COCCN(C)c1ccc(C(C)O)nc1. The van der Waals surface area contributed by atoms with Gasteiger partial charge in [0.25, 0.3) is 0 Å². The number of ether oxygens (including phenoxy) is 1. The molecule has 1 aromatic rings. The number of aliphatic hydroxyl groups is 1. The number of aromatic nitrogens is 1. The first-order valence-electron chi connectivity index (χ1n) is 4.99. The first kappa shape index (κ1) is 11.9. The van der Waals surface area contributed by atoms with Gasteiger partial charge in [0, 0.05) is 20.7 Å². The van der Waals surface area contributed by atoms with E-state index in [9.17, 15) is 5.11 Å². The van der Waals surface area contributed by atoms with Crippen molar-refractivity contribution in [2.75, 3.05) is 32.2 Å². The smallest absolute Gasteiger partial charge is 0.0931 e. The third-order valence-electron chi connectivity index (χ3n) is 2.27. The quantitative estimate of drug-likeness (QED) is 0.793. The molecule has 1 rings (SSSR count). The number of anilines is 1. The Morgan fingerprint density at radius 3 is 2.73 bits per heavy atom. The van der Waals surface area contributed by atoms with Crippen LogP contribution in [0, 0.1) is 0 Å². The van der Waals surface area contributed by atoms with Crippen LogP contribution in [-0.2, 0) is 4.74 Å². The molecule has 4 nitrogen and oxygen atoms in total. The molecule has 0 aliphatic heterocycles. The first-order chi connectivity index (χ1) is 7.15. The highest BCUT2D eigenvalue weighted by molar-refractivity contribution is 5.43. The number of pyridine rings is 1. The van der Waals surface area contributed by atoms with E-state index >= 15 is 0 Å². The van der Waals surface area contributed by atoms with E-state index < -0.39 is 6.10 Å². The van der Waals surface area contributed by atoms with Crippen LogP contribution in [0.3, 0.4) is 0 Å². The molecule has 0 bridgehead atoms. The second-order valence-electron chi connectivity index (χ2n) is 3.53. The molecule has 1 N–H and O–H groups in total. The number of aliphatic hydroxyl groups excluding tert-OH is 1. The molecule has 1 unspecified atom stereocenters. The molecular weight excluding hydrogens is 192 g/mol. The largest absolute Gasteiger partial charge is 0.387 e. The molecular formula is C11H18N2O2. The fourth-order valence-corrected chi connectivity index (χ4v) is 1.23. The monoisotopic (exact) mass is 210 g/mol. The molecule has 0 saturated heterocycles. The van der Waals surface area contributed by atoms with Gasteiger partial charge in [0.15, 0.2) is 0 Å². The van der Waals surface area contributed by atoms with Crippen molar-refractivity contribution in [1.82, 2.24) is 4.98 Å². The zero-order valence-electron chi connectivity index (χ0n) is 9.47. The van der Waals surface area contributed by atoms with Gasteiger partial charge in [-0.05, 0) is 19.1 Å². The molecule has 0 fully saturated rings. The van der Waals surface area contributed by atoms with Gasteiger partial charge in [-0.1, -0.05) is 0 Å². The first-order valence-corrected chi connectivity index (χ1v) is 4.99. The molecule has 0 aliphatic rings. The average Bonchev–Trinajstić information content (AvgIpc) is 2.26. The molecule has 4 heteroatoms. The molecule has 0 spiro atoms. The Balaban J connectivity index is 2.62. The molecule has 0 saturated carbocycles. The molecule has 0 amide bonds. The average molecular weight is 210 g/mol. The van der Waals surface area contributed by atoms with E-state index in [4.69, 9.17) is 4.74 Å². The van der Waals surface area contributed by atoms with Crippen LogP contribution >= 0.6 is 0 Å². The van der Waals surface area contributed by atoms with Crippen LogP contribution in [0.5, 0.6) is 0 Å². The van der Waals surface area contributed by atoms with E-state index in [1.807, 2.05) is 19.2 Å². The van der Waals surface area contributed by atoms with Gasteiger partial charge in [-0.25, -0.2) is 0 Å². The van der Waals surface area contributed by atoms with E-state index in [0.717, 1.165) is 12.2 Å². The topological polar surface area (TPSA) is 45.6 Å². The zero-order chi connectivity index (χ0) is 11.3. The van der Waals surface area contributed by atoms with Gasteiger partial charge in [-0.3, -0.25) is 4.98 Å². The second-order valence-corrected chi connectivity index (χ2v) is 3.53. The Morgan fingerprint density at radius 2 is 2.27 bits per heavy atom. The van der Waals surface area contributed by atoms with Crippen LogP contribution in [0.25, 0.3) is 0 Å². The van der Waals surface area contributed by atoms with Crippen molar-refractivity contribution in [2.24, 2.45) is 0 Å². The lowest BCUT2D eigenvalue weighted by molar-refractivity contribution is 0.194. The van der Waals surface area contributed by atoms with Crippen molar-refractivity contribution in [3.8, 4) is 0 Å². The minimum absolute atomic E-state index is 0.511. The Kier molecular flexibility index (Phi) is 4.52. The highest BCUT2D eigenvalue weighted by Gasteiger charge is 2.04. The number of likely N-dealkylation sites (N-methyl/N-ethyl adjacent to an activating group) is 1. The zero-order valence-corrected chi connectivity index (χ0v) is 9.47. The number of nitrogens with zero attached hydrogens (tertiary/aromatic N) is 2. The van der Waals surface area contributed by atoms with E-state index in [2.05, 4.69) is 9.88 Å². The molecule has 0 radical (unpaired) electrons. The summed E-state index contributed by atoms with van der Waals surface area (Å²) < 4.78 is 4.99. The number of hydrogen-bond acceptors (Lipinski definition) is 4. The van der Waals surface area contributed by atoms with Crippen LogP contribution < -0.4 is 4.90 Å². The molecule has 0 aromatic carbocycles. The van der Waals surface area contributed by atoms with Crippen LogP contribution in [0.1, 0.15) is 18.7 Å². The third-order valence-corrected chi connectivity index (χ3v) is 2.27. The van der Waals surface area contributed by atoms with Crippen molar-refractivity contribution >= 4 is 5.69 Å². The fraction of sp³-hybridized carbons (Fsp3) is 0.545. The Morgan fingerprint density at radius 1 is 1.53 bits per heavy atom. The maximum atomic E-state index is 9.30. The summed E-state index contributed by atoms with van der Waals surface area (Å²) in [7, 11) is 3.67. The predicted octanol–water partition coefficient (Wildman–Crippen LogP) is 1.22. The molecule has 1 aromatic heterocycles. The molecule has 1 atom stereocenters. The van der Waals surface area contributed by atoms with Gasteiger partial charge in [0.2, 0.25) is 0 Å². The Bertz CT molecular complexity index is 285. The summed E-state index contributed by atoms with van der Waals surface area (Å²) in [5.74, 6) is 0. The Labute approximate surface area is 90.5 Å². The summed E-state index contributed by atoms with van der Waals surface area (Å²) in [5, 5.41) is 9.30. The highest BCUT2D eigenvalue weighted by Crippen LogP contribution is 2.14. The van der Waals surface area contributed by atoms with Crippen molar-refractivity contribution < 1.29 is 9.84 Å². The summed E-state index contributed by atoms with van der Waals surface area (Å²) in [5.41, 5.74) is 1.72. The van der Waals surface area contributed by atoms with Crippen molar-refractivity contribution in [1.29, 1.82) is 0 Å². The third kappa shape index (κ3) is 3.49. The molecule has 15 heavy (non-hydrogen) atoms. The maximum Gasteiger partial charge on any atom is 0.0931 e. The molecule has 84 valence electrons. The van der Waals surface area contributed by atoms with E-state index in [1.54, 1.807) is 20.2 Å². The highest BCUT2D eigenvalue weighted by atomic mass is 16.5. The van der Waals surface area contributed by atoms with Crippen LogP contribution in [0.4, 0.5) is 5.69 Å². The van der Waals surface area contributed by atoms with Gasteiger partial charge in [-0.15, -0.1) is 0 Å². The lowest BCUT2D eigenvalue weighted by atomic mass is 10.2. The normalized spacial score (nSPS) is 12.5. The van der Waals surface area contributed by atoms with Crippen LogP contribution in [0.2, 0.25) is 0 Å². The van der Waals surface area contributed by atoms with Crippen molar-refractivity contribution in [2.45, 2.75) is 13.0 Å². The van der Waals surface area contributed by atoms with Crippen LogP contribution in [-0.4, -0.2) is 37.4 Å². The van der Waals surface area contributed by atoms with Gasteiger partial charge < -0.3 is 14.7 Å². The van der Waals surface area contributed by atoms with Gasteiger partial charge in [0.05, 0.1) is 30.3 Å². The number of methoxy groups -OCH3 is 1. The number of rotatable bonds is 5. The van der Waals surface area contributed by atoms with Crippen molar-refractivity contribution in [3.63, 3.8) is 0 Å². The van der Waals surface area contributed by atoms with Gasteiger partial charge >= 0.3 is 0 Å². The van der Waals surface area contributed by atoms with Crippen LogP contribution in [0.15, 0.2) is 18.3 Å². The Hall–Kier alpha value is -1.13. The summed E-state index contributed by atoms with van der Waals surface area (Å²) in [6.07, 6.45) is 1.25. The minimum Gasteiger partial charge on any atom is -0.387 e. The summed E-state index contributed by atoms with van der Waals surface area (Å²) in [6, 6.07) is 3.79. The summed E-state index contributed by atoms with van der Waals surface area (Å²) in [6.45, 7) is 3.22. The van der Waals surface area contributed by atoms with Gasteiger partial charge in [-0.2, -0.15) is 0 Å². The van der Waals surface area contributed by atoms with E-state index in [1.165, 1.54) is 0 Å². The standard InChI is InChI=1S/C11H18N2O2/c1-9(14)11-5-4-10(8-12-11)13(2)6-7-15-3/h4-5,8-9,14H,6-7H2,1-3H3. The second kappa shape index (κ2) is 5.68. The lowest BCUT2D eigenvalue weighted by Crippen LogP contribution is -2.22. The lowest BCUT2D eigenvalue weighted by Gasteiger charge is -2.18. The van der Waals surface area contributed by atoms with E-state index in [-0.39, 0.29) is 0 Å². The minimum atomic E-state index is -0.511. The fourth-order valence-electron chi connectivity index (χ4n) is 1.23. The summed E-state index contributed by atoms with van der Waals surface area (Å²) >= 11 is 0. The molecule has 1 heterocycles. The van der Waals surface area contributed by atoms with Gasteiger partial charge in [0.1, 0.15) is 0 Å². The number of hydrogen-bond donors (Lipinski definition) is 1. The molecule has 0 aliphatic carbocycles.